The number of nitrogens with one attached hydrogen (secondary N) is 1. The second-order valence-corrected chi connectivity index (χ2v) is 4.96. The largest absolute Gasteiger partial charge is 0.352 e. The third-order valence-electron chi connectivity index (χ3n) is 2.02. The third kappa shape index (κ3) is 3.76. The number of halogens is 3. The van der Waals surface area contributed by atoms with Crippen molar-refractivity contribution >= 4 is 33.4 Å². The highest BCUT2D eigenvalue weighted by atomic mass is 79.9. The molecule has 0 saturated heterocycles. The highest BCUT2D eigenvalue weighted by Gasteiger charge is 2.12. The van der Waals surface area contributed by atoms with E-state index in [4.69, 9.17) is 11.6 Å². The van der Waals surface area contributed by atoms with Gasteiger partial charge in [-0.15, -0.1) is 11.6 Å². The lowest BCUT2D eigenvalue weighted by Gasteiger charge is -2.07. The normalized spacial score (nSPS) is 12.2. The van der Waals surface area contributed by atoms with Crippen LogP contribution in [0, 0.1) is 5.82 Å². The highest BCUT2D eigenvalue weighted by Crippen LogP contribution is 2.20. The average molecular weight is 309 g/mol. The summed E-state index contributed by atoms with van der Waals surface area (Å²) in [4.78, 5) is 11.6. The maximum atomic E-state index is 13.1. The van der Waals surface area contributed by atoms with Crippen molar-refractivity contribution in [3.05, 3.63) is 34.1 Å². The Hall–Kier alpha value is -0.610. The molecule has 1 unspecified atom stereocenters. The number of amides is 1. The smallest absolute Gasteiger partial charge is 0.252 e. The lowest BCUT2D eigenvalue weighted by Crippen LogP contribution is -2.26. The van der Waals surface area contributed by atoms with Crippen LogP contribution in [-0.2, 0) is 0 Å². The fraction of sp³-hybridized carbons (Fsp3) is 0.364. The van der Waals surface area contributed by atoms with Crippen LogP contribution in [-0.4, -0.2) is 17.8 Å². The number of carbonyl (C=O) groups is 1. The Labute approximate surface area is 107 Å². The molecule has 0 heterocycles. The molecule has 0 saturated carbocycles. The Morgan fingerprint density at radius 3 is 2.94 bits per heavy atom. The van der Waals surface area contributed by atoms with Crippen molar-refractivity contribution < 1.29 is 9.18 Å². The van der Waals surface area contributed by atoms with Crippen LogP contribution in [0.2, 0.25) is 0 Å². The summed E-state index contributed by atoms with van der Waals surface area (Å²) < 4.78 is 13.3. The molecule has 1 aromatic rings. The first-order valence-corrected chi connectivity index (χ1v) is 6.11. The minimum absolute atomic E-state index is 0.0104. The van der Waals surface area contributed by atoms with E-state index in [0.717, 1.165) is 0 Å². The second kappa shape index (κ2) is 6.21. The molecule has 0 radical (unpaired) electrons. The van der Waals surface area contributed by atoms with Gasteiger partial charge in [-0.2, -0.15) is 0 Å². The van der Waals surface area contributed by atoms with Crippen molar-refractivity contribution in [3.8, 4) is 0 Å². The van der Waals surface area contributed by atoms with Gasteiger partial charge in [0.1, 0.15) is 5.82 Å². The monoisotopic (exact) mass is 307 g/mol. The third-order valence-corrected chi connectivity index (χ3v) is 3.05. The molecular weight excluding hydrogens is 296 g/mol. The standard InChI is InChI=1S/C11H12BrClFNO/c1-7(13)5-6-15-11(16)8-3-2-4-9(14)10(8)12/h2-4,7H,5-6H2,1H3,(H,15,16). The van der Waals surface area contributed by atoms with Gasteiger partial charge in [0.05, 0.1) is 10.0 Å². The summed E-state index contributed by atoms with van der Waals surface area (Å²) in [6, 6.07) is 4.35. The summed E-state index contributed by atoms with van der Waals surface area (Å²) in [6.45, 7) is 2.33. The summed E-state index contributed by atoms with van der Waals surface area (Å²) in [5.41, 5.74) is 0.294. The molecule has 0 aliphatic rings. The zero-order valence-corrected chi connectivity index (χ0v) is 11.1. The summed E-state index contributed by atoms with van der Waals surface area (Å²) in [7, 11) is 0. The minimum atomic E-state index is -0.446. The van der Waals surface area contributed by atoms with Crippen molar-refractivity contribution in [2.45, 2.75) is 18.7 Å². The topological polar surface area (TPSA) is 29.1 Å². The molecule has 0 aromatic heterocycles. The molecule has 16 heavy (non-hydrogen) atoms. The van der Waals surface area contributed by atoms with E-state index in [1.54, 1.807) is 6.07 Å². The molecule has 0 spiro atoms. The van der Waals surface area contributed by atoms with E-state index in [1.165, 1.54) is 12.1 Å². The predicted octanol–water partition coefficient (Wildman–Crippen LogP) is 3.34. The van der Waals surface area contributed by atoms with Crippen LogP contribution in [0.4, 0.5) is 4.39 Å². The summed E-state index contributed by atoms with van der Waals surface area (Å²) in [5, 5.41) is 2.69. The zero-order chi connectivity index (χ0) is 12.1. The molecule has 0 bridgehead atoms. The van der Waals surface area contributed by atoms with E-state index in [1.807, 2.05) is 6.92 Å². The molecule has 5 heteroatoms. The molecule has 1 N–H and O–H groups in total. The maximum Gasteiger partial charge on any atom is 0.252 e. The average Bonchev–Trinajstić information content (AvgIpc) is 2.21. The van der Waals surface area contributed by atoms with Crippen LogP contribution < -0.4 is 5.32 Å². The molecule has 1 amide bonds. The quantitative estimate of drug-likeness (QED) is 0.849. The number of rotatable bonds is 4. The first-order valence-electron chi connectivity index (χ1n) is 4.88. The SMILES string of the molecule is CC(Cl)CCNC(=O)c1cccc(F)c1Br. The molecule has 2 nitrogen and oxygen atoms in total. The Kier molecular flexibility index (Phi) is 5.22. The van der Waals surface area contributed by atoms with Crippen molar-refractivity contribution in [1.82, 2.24) is 5.32 Å². The van der Waals surface area contributed by atoms with E-state index < -0.39 is 5.82 Å². The van der Waals surface area contributed by atoms with Crippen LogP contribution in [0.1, 0.15) is 23.7 Å². The van der Waals surface area contributed by atoms with Gasteiger partial charge in [0, 0.05) is 11.9 Å². The van der Waals surface area contributed by atoms with E-state index in [-0.39, 0.29) is 15.8 Å². The Morgan fingerprint density at radius 1 is 1.62 bits per heavy atom. The van der Waals surface area contributed by atoms with Gasteiger partial charge >= 0.3 is 0 Å². The molecule has 1 aromatic carbocycles. The van der Waals surface area contributed by atoms with E-state index >= 15 is 0 Å². The summed E-state index contributed by atoms with van der Waals surface area (Å²) >= 11 is 8.78. The first-order chi connectivity index (χ1) is 7.52. The molecule has 1 rings (SSSR count). The lowest BCUT2D eigenvalue weighted by atomic mass is 10.2. The molecule has 0 aliphatic heterocycles. The van der Waals surface area contributed by atoms with Gasteiger partial charge in [-0.1, -0.05) is 6.07 Å². The van der Waals surface area contributed by atoms with Crippen LogP contribution >= 0.6 is 27.5 Å². The van der Waals surface area contributed by atoms with E-state index in [2.05, 4.69) is 21.2 Å². The highest BCUT2D eigenvalue weighted by molar-refractivity contribution is 9.10. The summed E-state index contributed by atoms with van der Waals surface area (Å²) in [5.74, 6) is -0.748. The zero-order valence-electron chi connectivity index (χ0n) is 8.77. The molecular formula is C11H12BrClFNO. The second-order valence-electron chi connectivity index (χ2n) is 3.43. The fourth-order valence-corrected chi connectivity index (χ4v) is 1.71. The number of hydrogen-bond donors (Lipinski definition) is 1. The molecule has 88 valence electrons. The first kappa shape index (κ1) is 13.5. The number of carbonyl (C=O) groups excluding carboxylic acids is 1. The van der Waals surface area contributed by atoms with Crippen molar-refractivity contribution in [2.24, 2.45) is 0 Å². The van der Waals surface area contributed by atoms with Crippen LogP contribution in [0.15, 0.2) is 22.7 Å². The number of hydrogen-bond acceptors (Lipinski definition) is 1. The van der Waals surface area contributed by atoms with Gasteiger partial charge in [0.25, 0.3) is 5.91 Å². The van der Waals surface area contributed by atoms with E-state index in [0.29, 0.717) is 18.5 Å². The van der Waals surface area contributed by atoms with Gasteiger partial charge in [-0.3, -0.25) is 4.79 Å². The molecule has 1 atom stereocenters. The van der Waals surface area contributed by atoms with Crippen molar-refractivity contribution in [1.29, 1.82) is 0 Å². The summed E-state index contributed by atoms with van der Waals surface area (Å²) in [6.07, 6.45) is 0.681. The van der Waals surface area contributed by atoms with Crippen LogP contribution in [0.3, 0.4) is 0 Å². The Bertz CT molecular complexity index is 384. The van der Waals surface area contributed by atoms with Crippen LogP contribution in [0.5, 0.6) is 0 Å². The molecule has 0 aliphatic carbocycles. The fourth-order valence-electron chi connectivity index (χ4n) is 1.16. The minimum Gasteiger partial charge on any atom is -0.352 e. The Morgan fingerprint density at radius 2 is 2.31 bits per heavy atom. The van der Waals surface area contributed by atoms with Crippen molar-refractivity contribution in [3.63, 3.8) is 0 Å². The van der Waals surface area contributed by atoms with Gasteiger partial charge < -0.3 is 5.32 Å². The van der Waals surface area contributed by atoms with Gasteiger partial charge in [0.15, 0.2) is 0 Å². The van der Waals surface area contributed by atoms with Gasteiger partial charge in [-0.05, 0) is 41.4 Å². The molecule has 0 fully saturated rings. The predicted molar refractivity (Wildman–Crippen MR) is 66.4 cm³/mol. The Balaban J connectivity index is 2.63. The van der Waals surface area contributed by atoms with Crippen LogP contribution in [0.25, 0.3) is 0 Å². The van der Waals surface area contributed by atoms with Gasteiger partial charge in [-0.25, -0.2) is 4.39 Å². The van der Waals surface area contributed by atoms with E-state index in [9.17, 15) is 9.18 Å². The number of benzene rings is 1. The van der Waals surface area contributed by atoms with Crippen molar-refractivity contribution in [2.75, 3.05) is 6.54 Å². The lowest BCUT2D eigenvalue weighted by molar-refractivity contribution is 0.0952. The number of alkyl halides is 1. The van der Waals surface area contributed by atoms with Gasteiger partial charge in [0.2, 0.25) is 0 Å². The maximum absolute atomic E-state index is 13.1.